The summed E-state index contributed by atoms with van der Waals surface area (Å²) in [7, 11) is 0. The quantitative estimate of drug-likeness (QED) is 0.836. The molecule has 0 aromatic heterocycles. The van der Waals surface area contributed by atoms with Crippen molar-refractivity contribution in [1.82, 2.24) is 0 Å². The number of benzene rings is 2. The van der Waals surface area contributed by atoms with E-state index in [2.05, 4.69) is 0 Å². The third-order valence-corrected chi connectivity index (χ3v) is 3.66. The fourth-order valence-corrected chi connectivity index (χ4v) is 2.61. The van der Waals surface area contributed by atoms with Gasteiger partial charge in [-0.25, -0.2) is 4.57 Å². The molecular weight excluding hydrogens is 283 g/mol. The Morgan fingerprint density at radius 1 is 1.05 bits per heavy atom. The molecule has 19 heavy (non-hydrogen) atoms. The van der Waals surface area contributed by atoms with E-state index in [9.17, 15) is 4.57 Å². The monoisotopic (exact) mass is 296 g/mol. The second-order valence-corrected chi connectivity index (χ2v) is 6.64. The summed E-state index contributed by atoms with van der Waals surface area (Å²) in [5.41, 5.74) is 3.95. The molecule has 0 amide bonds. The van der Waals surface area contributed by atoms with Crippen molar-refractivity contribution >= 4 is 18.2 Å². The number of halogens is 1. The fraction of sp³-hybridized carbons (Fsp3) is 0.143. The summed E-state index contributed by atoms with van der Waals surface area (Å²) in [6.07, 6.45) is 0. The zero-order chi connectivity index (χ0) is 14.0. The van der Waals surface area contributed by atoms with Gasteiger partial charge in [0.25, 0.3) is 0 Å². The largest absolute Gasteiger partial charge is 0.474 e. The van der Waals surface area contributed by atoms with Crippen LogP contribution in [-0.2, 0) is 4.57 Å². The minimum absolute atomic E-state index is 0.331. The standard InChI is InChI=1S/C14H14ClO3P/c1-10-11(2)14(18-19(15,16)17)9-8-13(10)12-6-4-3-5-7-12/h3-9H,1-2H3,(H,16,17). The second kappa shape index (κ2) is 5.38. The maximum Gasteiger partial charge on any atom is 0.474 e. The van der Waals surface area contributed by atoms with Crippen molar-refractivity contribution in [3.8, 4) is 16.9 Å². The van der Waals surface area contributed by atoms with Crippen LogP contribution in [0.1, 0.15) is 11.1 Å². The summed E-state index contributed by atoms with van der Waals surface area (Å²) in [5.74, 6) is 0.331. The van der Waals surface area contributed by atoms with Crippen LogP contribution < -0.4 is 4.52 Å². The third-order valence-electron chi connectivity index (χ3n) is 3.03. The van der Waals surface area contributed by atoms with Gasteiger partial charge in [-0.05, 0) is 42.2 Å². The Hall–Kier alpha value is -1.28. The first-order chi connectivity index (χ1) is 8.88. The fourth-order valence-electron chi connectivity index (χ4n) is 1.95. The lowest BCUT2D eigenvalue weighted by molar-refractivity contribution is 0.399. The van der Waals surface area contributed by atoms with Crippen LogP contribution in [0, 0.1) is 13.8 Å². The average Bonchev–Trinajstić information content (AvgIpc) is 2.35. The van der Waals surface area contributed by atoms with Gasteiger partial charge in [0.2, 0.25) is 0 Å². The molecule has 1 unspecified atom stereocenters. The lowest BCUT2D eigenvalue weighted by atomic mass is 9.96. The first-order valence-electron chi connectivity index (χ1n) is 5.76. The molecule has 0 saturated heterocycles. The van der Waals surface area contributed by atoms with Crippen LogP contribution in [-0.4, -0.2) is 4.89 Å². The van der Waals surface area contributed by atoms with Crippen molar-refractivity contribution in [2.24, 2.45) is 0 Å². The van der Waals surface area contributed by atoms with Gasteiger partial charge >= 0.3 is 6.95 Å². The molecule has 0 spiro atoms. The van der Waals surface area contributed by atoms with Crippen molar-refractivity contribution in [1.29, 1.82) is 0 Å². The van der Waals surface area contributed by atoms with Gasteiger partial charge < -0.3 is 9.42 Å². The minimum atomic E-state index is -4.05. The zero-order valence-corrected chi connectivity index (χ0v) is 12.3. The Bertz CT molecular complexity index is 635. The van der Waals surface area contributed by atoms with Crippen LogP contribution in [0.5, 0.6) is 5.75 Å². The molecule has 1 N–H and O–H groups in total. The molecule has 0 aliphatic heterocycles. The predicted molar refractivity (Wildman–Crippen MR) is 77.7 cm³/mol. The van der Waals surface area contributed by atoms with Crippen molar-refractivity contribution in [2.75, 3.05) is 0 Å². The minimum Gasteiger partial charge on any atom is -0.413 e. The first-order valence-corrected chi connectivity index (χ1v) is 8.24. The van der Waals surface area contributed by atoms with E-state index in [0.29, 0.717) is 5.75 Å². The average molecular weight is 297 g/mol. The molecule has 2 aromatic carbocycles. The molecule has 0 heterocycles. The SMILES string of the molecule is Cc1c(OP(=O)(O)Cl)ccc(-c2ccccc2)c1C. The molecular formula is C14H14ClO3P. The summed E-state index contributed by atoms with van der Waals surface area (Å²) in [6.45, 7) is -0.267. The molecule has 0 aliphatic rings. The third kappa shape index (κ3) is 3.38. The molecule has 3 nitrogen and oxygen atoms in total. The molecule has 0 aliphatic carbocycles. The highest BCUT2D eigenvalue weighted by Crippen LogP contribution is 2.49. The highest BCUT2D eigenvalue weighted by atomic mass is 35.7. The Morgan fingerprint density at radius 3 is 2.26 bits per heavy atom. The summed E-state index contributed by atoms with van der Waals surface area (Å²) in [5, 5.41) is 0. The van der Waals surface area contributed by atoms with Crippen molar-refractivity contribution < 1.29 is 14.0 Å². The first kappa shape index (κ1) is 14.1. The van der Waals surface area contributed by atoms with E-state index in [1.165, 1.54) is 0 Å². The summed E-state index contributed by atoms with van der Waals surface area (Å²) < 4.78 is 16.0. The lowest BCUT2D eigenvalue weighted by Crippen LogP contribution is -1.93. The zero-order valence-electron chi connectivity index (χ0n) is 10.6. The molecule has 100 valence electrons. The van der Waals surface area contributed by atoms with E-state index in [0.717, 1.165) is 22.3 Å². The van der Waals surface area contributed by atoms with E-state index in [1.807, 2.05) is 50.2 Å². The van der Waals surface area contributed by atoms with Crippen molar-refractivity contribution in [3.05, 3.63) is 53.6 Å². The highest BCUT2D eigenvalue weighted by molar-refractivity contribution is 7.80. The molecule has 0 bridgehead atoms. The van der Waals surface area contributed by atoms with Crippen LogP contribution in [0.15, 0.2) is 42.5 Å². The van der Waals surface area contributed by atoms with E-state index >= 15 is 0 Å². The van der Waals surface area contributed by atoms with Gasteiger partial charge in [0.05, 0.1) is 0 Å². The van der Waals surface area contributed by atoms with Crippen molar-refractivity contribution in [2.45, 2.75) is 13.8 Å². The van der Waals surface area contributed by atoms with Crippen LogP contribution in [0.2, 0.25) is 0 Å². The smallest absolute Gasteiger partial charge is 0.413 e. The van der Waals surface area contributed by atoms with E-state index in [1.54, 1.807) is 6.07 Å². The van der Waals surface area contributed by atoms with E-state index in [-0.39, 0.29) is 0 Å². The highest BCUT2D eigenvalue weighted by Gasteiger charge is 2.18. The molecule has 0 radical (unpaired) electrons. The van der Waals surface area contributed by atoms with Crippen molar-refractivity contribution in [3.63, 3.8) is 0 Å². The summed E-state index contributed by atoms with van der Waals surface area (Å²) in [6, 6.07) is 13.4. The van der Waals surface area contributed by atoms with E-state index in [4.69, 9.17) is 20.7 Å². The van der Waals surface area contributed by atoms with Gasteiger partial charge in [-0.1, -0.05) is 36.4 Å². The molecule has 0 fully saturated rings. The van der Waals surface area contributed by atoms with Gasteiger partial charge in [0, 0.05) is 11.2 Å². The Morgan fingerprint density at radius 2 is 1.68 bits per heavy atom. The van der Waals surface area contributed by atoms with Gasteiger partial charge in [0.1, 0.15) is 5.75 Å². The van der Waals surface area contributed by atoms with Gasteiger partial charge in [-0.3, -0.25) is 0 Å². The molecule has 1 atom stereocenters. The normalized spacial score (nSPS) is 13.9. The van der Waals surface area contributed by atoms with Gasteiger partial charge in [-0.2, -0.15) is 0 Å². The molecule has 5 heteroatoms. The maximum atomic E-state index is 11.1. The Kier molecular flexibility index (Phi) is 4.00. The second-order valence-electron chi connectivity index (χ2n) is 4.27. The number of hydrogen-bond donors (Lipinski definition) is 1. The Balaban J connectivity index is 2.47. The van der Waals surface area contributed by atoms with Crippen LogP contribution >= 0.6 is 18.2 Å². The predicted octanol–water partition coefficient (Wildman–Crippen LogP) is 4.69. The van der Waals surface area contributed by atoms with Gasteiger partial charge in [-0.15, -0.1) is 0 Å². The molecule has 0 saturated carbocycles. The topological polar surface area (TPSA) is 46.5 Å². The summed E-state index contributed by atoms with van der Waals surface area (Å²) >= 11 is 5.24. The van der Waals surface area contributed by atoms with Gasteiger partial charge in [0.15, 0.2) is 0 Å². The summed E-state index contributed by atoms with van der Waals surface area (Å²) in [4.78, 5) is 9.07. The number of hydrogen-bond acceptors (Lipinski definition) is 2. The number of rotatable bonds is 3. The van der Waals surface area contributed by atoms with E-state index < -0.39 is 6.95 Å². The van der Waals surface area contributed by atoms with Crippen LogP contribution in [0.4, 0.5) is 0 Å². The van der Waals surface area contributed by atoms with Crippen LogP contribution in [0.25, 0.3) is 11.1 Å². The lowest BCUT2D eigenvalue weighted by Gasteiger charge is -2.14. The maximum absolute atomic E-state index is 11.1. The Labute approximate surface area is 117 Å². The molecule has 2 rings (SSSR count). The van der Waals surface area contributed by atoms with Crippen LogP contribution in [0.3, 0.4) is 0 Å². The molecule has 2 aromatic rings.